The molecule has 34 heavy (non-hydrogen) atoms. The van der Waals surface area contributed by atoms with E-state index in [0.717, 1.165) is 26.2 Å². The molecule has 11 heteroatoms. The molecule has 0 aliphatic carbocycles. The van der Waals surface area contributed by atoms with Crippen LogP contribution < -0.4 is 4.90 Å². The first-order chi connectivity index (χ1) is 15.9. The van der Waals surface area contributed by atoms with Crippen LogP contribution in [0.15, 0.2) is 64.3 Å². The van der Waals surface area contributed by atoms with E-state index in [1.54, 1.807) is 24.4 Å². The average molecular weight is 507 g/mol. The molecular weight excluding hydrogens is 484 g/mol. The number of likely N-dealkylation sites (N-methyl/N-ethyl adjacent to an activating group) is 1. The van der Waals surface area contributed by atoms with E-state index in [-0.39, 0.29) is 58.7 Å². The summed E-state index contributed by atoms with van der Waals surface area (Å²) in [5.41, 5.74) is 2.36. The molecule has 9 nitrogen and oxygen atoms in total. The van der Waals surface area contributed by atoms with Crippen molar-refractivity contribution < 1.29 is 12.6 Å². The van der Waals surface area contributed by atoms with Crippen LogP contribution in [0.4, 0.5) is 11.4 Å². The van der Waals surface area contributed by atoms with Gasteiger partial charge < -0.3 is 12.7 Å². The summed E-state index contributed by atoms with van der Waals surface area (Å²) < 4.78 is 0. The fraction of sp³-hybridized carbons (Fsp3) is 0.261. The van der Waals surface area contributed by atoms with E-state index < -0.39 is 4.92 Å². The molecule has 1 amide bonds. The van der Waals surface area contributed by atoms with Crippen LogP contribution in [0, 0.1) is 10.1 Å². The molecule has 1 saturated heterocycles. The number of nitro groups is 1. The predicted octanol–water partition coefficient (Wildman–Crippen LogP) is 2.78. The van der Waals surface area contributed by atoms with Gasteiger partial charge in [-0.3, -0.25) is 24.8 Å². The van der Waals surface area contributed by atoms with Crippen molar-refractivity contribution in [3.8, 4) is 0 Å². The summed E-state index contributed by atoms with van der Waals surface area (Å²) in [7, 11) is 2.07. The summed E-state index contributed by atoms with van der Waals surface area (Å²) in [5, 5.41) is 12.0. The Morgan fingerprint density at radius 2 is 1.85 bits per heavy atom. The van der Waals surface area contributed by atoms with E-state index in [2.05, 4.69) is 21.8 Å². The van der Waals surface area contributed by atoms with Crippen molar-refractivity contribution in [1.29, 1.82) is 0 Å². The number of benzene rings is 2. The fourth-order valence-corrected chi connectivity index (χ4v) is 4.40. The van der Waals surface area contributed by atoms with Crippen molar-refractivity contribution in [3.05, 3.63) is 80.6 Å². The van der Waals surface area contributed by atoms with Crippen LogP contribution >= 0.6 is 11.6 Å². The monoisotopic (exact) mass is 506 g/mol. The van der Waals surface area contributed by atoms with Gasteiger partial charge in [0.25, 0.3) is 11.6 Å². The van der Waals surface area contributed by atoms with E-state index in [0.29, 0.717) is 39.1 Å². The quantitative estimate of drug-likeness (QED) is 0.276. The molecule has 0 radical (unpaired) electrons. The number of nitro benzene ring substituents is 1. The zero-order chi connectivity index (χ0) is 23.1. The molecule has 1 fully saturated rings. The minimum atomic E-state index is -0.463. The second-order valence-corrected chi connectivity index (χ2v) is 8.53. The number of amidine groups is 1. The van der Waals surface area contributed by atoms with Gasteiger partial charge in [0.05, 0.1) is 22.9 Å². The maximum atomic E-state index is 13.4. The SMILES string of the molecule is CN1CCN(/C=C2\N=C3CN=C(c4ccccc4Cl)c4cc([N+](=O)[O-])ccc4N3C2=O)CC1.[Ca+2].[H-].[H-]. The maximum Gasteiger partial charge on any atom is 2.00 e. The van der Waals surface area contributed by atoms with Gasteiger partial charge in [-0.25, -0.2) is 4.99 Å². The molecule has 0 saturated carbocycles. The van der Waals surface area contributed by atoms with Gasteiger partial charge in [-0.2, -0.15) is 0 Å². The zero-order valence-corrected chi connectivity index (χ0v) is 21.6. The van der Waals surface area contributed by atoms with Gasteiger partial charge in [0.1, 0.15) is 11.5 Å². The first-order valence-electron chi connectivity index (χ1n) is 10.6. The van der Waals surface area contributed by atoms with Gasteiger partial charge in [0, 0.05) is 60.7 Å². The molecule has 3 aliphatic heterocycles. The number of piperazine rings is 1. The minimum absolute atomic E-state index is 0. The first kappa shape index (κ1) is 24.8. The van der Waals surface area contributed by atoms with Crippen molar-refractivity contribution in [2.45, 2.75) is 0 Å². The molecule has 172 valence electrons. The zero-order valence-electron chi connectivity index (χ0n) is 20.6. The molecule has 5 rings (SSSR count). The summed E-state index contributed by atoms with van der Waals surface area (Å²) in [6, 6.07) is 11.6. The Labute approximate surface area is 234 Å². The molecule has 0 bridgehead atoms. The number of non-ortho nitro benzene ring substituents is 1. The number of halogens is 1. The third-order valence-electron chi connectivity index (χ3n) is 5.97. The number of rotatable bonds is 3. The van der Waals surface area contributed by atoms with Crippen molar-refractivity contribution in [1.82, 2.24) is 9.80 Å². The van der Waals surface area contributed by atoms with E-state index in [1.807, 2.05) is 12.1 Å². The molecule has 0 N–H and O–H groups in total. The molecule has 0 unspecified atom stereocenters. The average Bonchev–Trinajstić information content (AvgIpc) is 3.01. The summed E-state index contributed by atoms with van der Waals surface area (Å²) in [6.07, 6.45) is 1.81. The number of hydrogen-bond donors (Lipinski definition) is 0. The van der Waals surface area contributed by atoms with E-state index in [9.17, 15) is 14.9 Å². The van der Waals surface area contributed by atoms with Crippen molar-refractivity contribution >= 4 is 78.2 Å². The molecule has 2 aromatic carbocycles. The Balaban J connectivity index is 0.00000152. The van der Waals surface area contributed by atoms with Crippen LogP contribution in [0.5, 0.6) is 0 Å². The number of carbonyl (C=O) groups excluding carboxylic acids is 1. The molecule has 0 aromatic heterocycles. The minimum Gasteiger partial charge on any atom is -1.00 e. The van der Waals surface area contributed by atoms with Crippen molar-refractivity contribution in [2.24, 2.45) is 9.98 Å². The van der Waals surface area contributed by atoms with Gasteiger partial charge in [-0.05, 0) is 19.2 Å². The van der Waals surface area contributed by atoms with E-state index in [4.69, 9.17) is 16.6 Å². The smallest absolute Gasteiger partial charge is 1.00 e. The second kappa shape index (κ2) is 10.1. The van der Waals surface area contributed by atoms with Crippen molar-refractivity contribution in [2.75, 3.05) is 44.7 Å². The standard InChI is InChI=1S/C23H21ClN6O3.Ca.2H/c1-27-8-10-28(11-9-27)14-19-23(31)29-20-7-6-15(30(32)33)12-17(20)22(25-13-21(29)26-19)16-4-2-3-5-18(16)24;;;/h2-7,12,14H,8-11,13H2,1H3;;;/q;+2;2*-1/b19-14-;;;. The maximum absolute atomic E-state index is 13.4. The number of aliphatic imine (C=N–C) groups is 2. The summed E-state index contributed by atoms with van der Waals surface area (Å²) in [6.45, 7) is 3.60. The number of hydrogen-bond acceptors (Lipinski definition) is 7. The van der Waals surface area contributed by atoms with Gasteiger partial charge in [0.15, 0.2) is 0 Å². The van der Waals surface area contributed by atoms with Gasteiger partial charge in [0.2, 0.25) is 0 Å². The Bertz CT molecular complexity index is 1260. The van der Waals surface area contributed by atoms with Crippen LogP contribution in [-0.4, -0.2) is 110 Å². The largest absolute Gasteiger partial charge is 2.00 e. The molecule has 0 atom stereocenters. The van der Waals surface area contributed by atoms with Crippen LogP contribution in [-0.2, 0) is 4.79 Å². The normalized spacial score (nSPS) is 19.1. The predicted molar refractivity (Wildman–Crippen MR) is 135 cm³/mol. The number of anilines is 1. The molecule has 3 aliphatic rings. The van der Waals surface area contributed by atoms with Crippen molar-refractivity contribution in [3.63, 3.8) is 0 Å². The number of carbonyl (C=O) groups is 1. The number of amides is 1. The van der Waals surface area contributed by atoms with Gasteiger partial charge in [-0.15, -0.1) is 0 Å². The van der Waals surface area contributed by atoms with Crippen LogP contribution in [0.2, 0.25) is 5.02 Å². The summed E-state index contributed by atoms with van der Waals surface area (Å²) in [5.74, 6) is 0.215. The van der Waals surface area contributed by atoms with E-state index >= 15 is 0 Å². The third kappa shape index (κ3) is 4.63. The van der Waals surface area contributed by atoms with E-state index in [1.165, 1.54) is 17.0 Å². The Morgan fingerprint density at radius 1 is 1.12 bits per heavy atom. The number of nitrogens with zero attached hydrogens (tertiary/aromatic N) is 6. The topological polar surface area (TPSA) is 94.7 Å². The Hall–Kier alpha value is -2.30. The van der Waals surface area contributed by atoms with Crippen LogP contribution in [0.3, 0.4) is 0 Å². The molecule has 0 spiro atoms. The first-order valence-corrected chi connectivity index (χ1v) is 10.9. The summed E-state index contributed by atoms with van der Waals surface area (Å²) >= 11 is 6.43. The second-order valence-electron chi connectivity index (χ2n) is 8.13. The molecule has 3 heterocycles. The fourth-order valence-electron chi connectivity index (χ4n) is 4.17. The summed E-state index contributed by atoms with van der Waals surface area (Å²) in [4.78, 5) is 39.6. The molecular formula is C23H23CaClN6O3. The van der Waals surface area contributed by atoms with Gasteiger partial charge >= 0.3 is 37.7 Å². The number of fused-ring (bicyclic) bond motifs is 3. The third-order valence-corrected chi connectivity index (χ3v) is 6.30. The van der Waals surface area contributed by atoms with Crippen LogP contribution in [0.25, 0.3) is 0 Å². The Morgan fingerprint density at radius 3 is 2.56 bits per heavy atom. The van der Waals surface area contributed by atoms with Gasteiger partial charge in [-0.1, -0.05) is 29.8 Å². The Kier molecular flexibility index (Phi) is 7.39. The molecule has 2 aromatic rings. The van der Waals surface area contributed by atoms with Crippen LogP contribution in [0.1, 0.15) is 14.0 Å².